The van der Waals surface area contributed by atoms with Gasteiger partial charge in [0, 0.05) is 0 Å². The van der Waals surface area contributed by atoms with Crippen molar-refractivity contribution in [2.45, 2.75) is 23.0 Å². The monoisotopic (exact) mass is 616 g/mol. The summed E-state index contributed by atoms with van der Waals surface area (Å²) in [7, 11) is -16.3. The van der Waals surface area contributed by atoms with Gasteiger partial charge in [0.25, 0.3) is 0 Å². The number of sulfone groups is 4. The summed E-state index contributed by atoms with van der Waals surface area (Å²) in [5.41, 5.74) is -0.579. The predicted molar refractivity (Wildman–Crippen MR) is 142 cm³/mol. The molecule has 12 nitrogen and oxygen atoms in total. The SMILES string of the molecule is O=S(=O)(CCO)Cc1c(CS(=O)(=O)CCO)c(CS(=O)(=O)CCO)c2ccccc2c1CS(=O)(=O)CCO. The van der Waals surface area contributed by atoms with Crippen LogP contribution in [0.15, 0.2) is 24.3 Å². The van der Waals surface area contributed by atoms with Crippen LogP contribution in [-0.4, -0.2) is 104 Å². The third-order valence-corrected chi connectivity index (χ3v) is 11.9. The molecule has 0 heterocycles. The molecule has 2 aromatic carbocycles. The van der Waals surface area contributed by atoms with Gasteiger partial charge in [-0.25, -0.2) is 33.7 Å². The molecule has 0 saturated carbocycles. The molecule has 16 heteroatoms. The number of rotatable bonds is 16. The van der Waals surface area contributed by atoms with Crippen LogP contribution in [0.2, 0.25) is 0 Å². The molecule has 2 aromatic rings. The first kappa shape index (κ1) is 32.6. The molecule has 2 rings (SSSR count). The quantitative estimate of drug-likeness (QED) is 0.169. The van der Waals surface area contributed by atoms with Crippen LogP contribution < -0.4 is 0 Å². The lowest BCUT2D eigenvalue weighted by Crippen LogP contribution is -2.23. The second-order valence-corrected chi connectivity index (χ2v) is 17.5. The zero-order valence-electron chi connectivity index (χ0n) is 20.5. The topological polar surface area (TPSA) is 217 Å². The largest absolute Gasteiger partial charge is 0.395 e. The van der Waals surface area contributed by atoms with Gasteiger partial charge in [-0.3, -0.25) is 0 Å². The average Bonchev–Trinajstić information content (AvgIpc) is 2.78. The fourth-order valence-corrected chi connectivity index (χ4v) is 8.91. The van der Waals surface area contributed by atoms with Crippen LogP contribution in [0.3, 0.4) is 0 Å². The Morgan fingerprint density at radius 3 is 0.895 bits per heavy atom. The third kappa shape index (κ3) is 8.94. The van der Waals surface area contributed by atoms with Gasteiger partial charge >= 0.3 is 0 Å². The van der Waals surface area contributed by atoms with E-state index in [9.17, 15) is 54.1 Å². The Kier molecular flexibility index (Phi) is 11.2. The van der Waals surface area contributed by atoms with Crippen LogP contribution in [0.1, 0.15) is 22.3 Å². The molecule has 0 aliphatic rings. The summed E-state index contributed by atoms with van der Waals surface area (Å²) < 4.78 is 102. The molecule has 0 radical (unpaired) electrons. The standard InChI is InChI=1S/C22H32O12S4/c23-5-9-35(27,28)13-19-17-3-1-2-4-18(17)20(14-36(29,30)10-6-24)22(16-38(33,34)12-8-26)21(19)15-37(31,32)11-7-25/h1-4,23-26H,5-16H2. The maximum atomic E-state index is 12.8. The van der Waals surface area contributed by atoms with Gasteiger partial charge in [0.05, 0.1) is 72.5 Å². The summed E-state index contributed by atoms with van der Waals surface area (Å²) in [5, 5.41) is 37.3. The lowest BCUT2D eigenvalue weighted by atomic mass is 9.91. The van der Waals surface area contributed by atoms with Gasteiger partial charge in [0.2, 0.25) is 0 Å². The average molecular weight is 617 g/mol. The van der Waals surface area contributed by atoms with Crippen LogP contribution in [-0.2, 0) is 62.4 Å². The Morgan fingerprint density at radius 2 is 0.658 bits per heavy atom. The number of hydrogen-bond acceptors (Lipinski definition) is 12. The Bertz CT molecular complexity index is 1440. The summed E-state index contributed by atoms with van der Waals surface area (Å²) in [4.78, 5) is 0. The number of aliphatic hydroxyl groups excluding tert-OH is 4. The lowest BCUT2D eigenvalue weighted by molar-refractivity contribution is 0.319. The van der Waals surface area contributed by atoms with Gasteiger partial charge in [-0.2, -0.15) is 0 Å². The van der Waals surface area contributed by atoms with Crippen LogP contribution in [0.5, 0.6) is 0 Å². The number of benzene rings is 2. The van der Waals surface area contributed by atoms with Gasteiger partial charge in [-0.15, -0.1) is 0 Å². The molecule has 216 valence electrons. The highest BCUT2D eigenvalue weighted by Crippen LogP contribution is 2.36. The number of fused-ring (bicyclic) bond motifs is 1. The Labute approximate surface area is 222 Å². The Balaban J connectivity index is 3.12. The normalized spacial score (nSPS) is 13.3. The first-order chi connectivity index (χ1) is 17.6. The van der Waals surface area contributed by atoms with E-state index in [1.807, 2.05) is 0 Å². The smallest absolute Gasteiger partial charge is 0.156 e. The Morgan fingerprint density at radius 1 is 0.421 bits per heavy atom. The summed E-state index contributed by atoms with van der Waals surface area (Å²) in [6.07, 6.45) is 0. The van der Waals surface area contributed by atoms with Crippen LogP contribution >= 0.6 is 0 Å². The van der Waals surface area contributed by atoms with Crippen molar-refractivity contribution in [2.24, 2.45) is 0 Å². The minimum absolute atomic E-state index is 0.0620. The molecule has 0 fully saturated rings. The molecule has 0 amide bonds. The summed E-state index contributed by atoms with van der Waals surface area (Å²) in [5.74, 6) is -6.07. The van der Waals surface area contributed by atoms with Gasteiger partial charge in [0.1, 0.15) is 0 Å². The van der Waals surface area contributed by atoms with E-state index in [0.29, 0.717) is 0 Å². The first-order valence-corrected chi connectivity index (χ1v) is 18.7. The molecule has 4 N–H and O–H groups in total. The molecular formula is C22H32O12S4. The summed E-state index contributed by atoms with van der Waals surface area (Å²) >= 11 is 0. The predicted octanol–water partition coefficient (Wildman–Crippen LogP) is -1.53. The highest BCUT2D eigenvalue weighted by molar-refractivity contribution is 7.91. The van der Waals surface area contributed by atoms with E-state index < -0.39 is 112 Å². The molecule has 0 unspecified atom stereocenters. The molecule has 0 aromatic heterocycles. The van der Waals surface area contributed by atoms with Crippen LogP contribution in [0.4, 0.5) is 0 Å². The zero-order valence-corrected chi connectivity index (χ0v) is 23.7. The van der Waals surface area contributed by atoms with Crippen molar-refractivity contribution in [2.75, 3.05) is 49.4 Å². The van der Waals surface area contributed by atoms with E-state index in [2.05, 4.69) is 0 Å². The van der Waals surface area contributed by atoms with E-state index in [1.54, 1.807) is 0 Å². The van der Waals surface area contributed by atoms with Crippen molar-refractivity contribution in [3.8, 4) is 0 Å². The van der Waals surface area contributed by atoms with Crippen molar-refractivity contribution in [3.05, 3.63) is 46.5 Å². The molecule has 0 aliphatic carbocycles. The second-order valence-electron chi connectivity index (χ2n) is 8.72. The minimum atomic E-state index is -4.13. The van der Waals surface area contributed by atoms with Gasteiger partial charge in [-0.1, -0.05) is 24.3 Å². The highest BCUT2D eigenvalue weighted by atomic mass is 32.2. The molecule has 0 atom stereocenters. The summed E-state index contributed by atoms with van der Waals surface area (Å²) in [6, 6.07) is 5.94. The molecular weight excluding hydrogens is 584 g/mol. The van der Waals surface area contributed by atoms with Crippen molar-refractivity contribution in [1.29, 1.82) is 0 Å². The maximum absolute atomic E-state index is 12.8. The molecule has 38 heavy (non-hydrogen) atoms. The fourth-order valence-electron chi connectivity index (χ4n) is 4.10. The van der Waals surface area contributed by atoms with Gasteiger partial charge < -0.3 is 20.4 Å². The highest BCUT2D eigenvalue weighted by Gasteiger charge is 2.30. The van der Waals surface area contributed by atoms with E-state index in [0.717, 1.165) is 0 Å². The van der Waals surface area contributed by atoms with Crippen molar-refractivity contribution < 1.29 is 54.1 Å². The molecule has 0 aliphatic heterocycles. The van der Waals surface area contributed by atoms with Crippen molar-refractivity contribution in [1.82, 2.24) is 0 Å². The van der Waals surface area contributed by atoms with Gasteiger partial charge in [0.15, 0.2) is 39.3 Å². The minimum Gasteiger partial charge on any atom is -0.395 e. The molecule has 0 spiro atoms. The molecule has 0 saturated heterocycles. The van der Waals surface area contributed by atoms with E-state index in [4.69, 9.17) is 0 Å². The van der Waals surface area contributed by atoms with Crippen molar-refractivity contribution in [3.63, 3.8) is 0 Å². The number of aliphatic hydroxyl groups is 4. The van der Waals surface area contributed by atoms with Crippen molar-refractivity contribution >= 4 is 50.1 Å². The number of hydrogen-bond donors (Lipinski definition) is 4. The second kappa shape index (κ2) is 13.1. The Hall–Kier alpha value is -1.66. The van der Waals surface area contributed by atoms with Gasteiger partial charge in [-0.05, 0) is 33.0 Å². The lowest BCUT2D eigenvalue weighted by Gasteiger charge is -2.23. The summed E-state index contributed by atoms with van der Waals surface area (Å²) in [6.45, 7) is -2.95. The molecule has 0 bridgehead atoms. The van der Waals surface area contributed by atoms with E-state index in [-0.39, 0.29) is 33.0 Å². The maximum Gasteiger partial charge on any atom is 0.156 e. The van der Waals surface area contributed by atoms with E-state index >= 15 is 0 Å². The van der Waals surface area contributed by atoms with Crippen LogP contribution in [0, 0.1) is 0 Å². The van der Waals surface area contributed by atoms with Crippen LogP contribution in [0.25, 0.3) is 10.8 Å². The van der Waals surface area contributed by atoms with E-state index in [1.165, 1.54) is 24.3 Å². The first-order valence-electron chi connectivity index (χ1n) is 11.4. The zero-order chi connectivity index (χ0) is 28.8. The fraction of sp³-hybridized carbons (Fsp3) is 0.545. The third-order valence-electron chi connectivity index (χ3n) is 5.74.